The van der Waals surface area contributed by atoms with Gasteiger partial charge in [-0.25, -0.2) is 0 Å². The van der Waals surface area contributed by atoms with Gasteiger partial charge in [0.2, 0.25) is 0 Å². The molecule has 0 spiro atoms. The van der Waals surface area contributed by atoms with Crippen LogP contribution in [0.1, 0.15) is 21.6 Å². The van der Waals surface area contributed by atoms with Crippen molar-refractivity contribution in [3.8, 4) is 0 Å². The summed E-state index contributed by atoms with van der Waals surface area (Å²) in [6.45, 7) is -0.418. The lowest BCUT2D eigenvalue weighted by Crippen LogP contribution is -2.16. The SMILES string of the molecule is O=NCc1cnc(C(=O)CBr)c(C(F)(F)F)c1. The Labute approximate surface area is 102 Å². The number of rotatable bonds is 4. The number of carbonyl (C=O) groups is 1. The van der Waals surface area contributed by atoms with Crippen molar-refractivity contribution in [3.63, 3.8) is 0 Å². The average molecular weight is 311 g/mol. The Morgan fingerprint density at radius 2 is 2.12 bits per heavy atom. The van der Waals surface area contributed by atoms with Crippen molar-refractivity contribution in [2.24, 2.45) is 5.18 Å². The van der Waals surface area contributed by atoms with Crippen LogP contribution in [-0.2, 0) is 12.7 Å². The van der Waals surface area contributed by atoms with Crippen LogP contribution in [0.3, 0.4) is 0 Å². The maximum Gasteiger partial charge on any atom is 0.418 e. The fourth-order valence-corrected chi connectivity index (χ4v) is 1.44. The number of nitroso groups, excluding NO2 is 1. The predicted octanol–water partition coefficient (Wildman–Crippen LogP) is 2.94. The van der Waals surface area contributed by atoms with Gasteiger partial charge in [-0.05, 0) is 11.6 Å². The predicted molar refractivity (Wildman–Crippen MR) is 56.9 cm³/mol. The van der Waals surface area contributed by atoms with E-state index in [0.29, 0.717) is 6.07 Å². The first-order chi connectivity index (χ1) is 7.90. The minimum atomic E-state index is -4.70. The molecule has 0 aliphatic rings. The van der Waals surface area contributed by atoms with Crippen molar-refractivity contribution in [2.75, 3.05) is 5.33 Å². The maximum atomic E-state index is 12.6. The van der Waals surface area contributed by atoms with Crippen LogP contribution >= 0.6 is 15.9 Å². The first-order valence-corrected chi connectivity index (χ1v) is 5.46. The lowest BCUT2D eigenvalue weighted by atomic mass is 10.1. The third-order valence-electron chi connectivity index (χ3n) is 1.88. The summed E-state index contributed by atoms with van der Waals surface area (Å²) in [5.41, 5.74) is -1.80. The fraction of sp³-hybridized carbons (Fsp3) is 0.333. The number of nitrogens with zero attached hydrogens (tertiary/aromatic N) is 2. The van der Waals surface area contributed by atoms with Gasteiger partial charge in [-0.15, -0.1) is 0 Å². The highest BCUT2D eigenvalue weighted by Crippen LogP contribution is 2.32. The van der Waals surface area contributed by atoms with Crippen molar-refractivity contribution in [2.45, 2.75) is 12.7 Å². The fourth-order valence-electron chi connectivity index (χ4n) is 1.17. The molecule has 92 valence electrons. The van der Waals surface area contributed by atoms with Gasteiger partial charge in [-0.1, -0.05) is 21.1 Å². The zero-order chi connectivity index (χ0) is 13.1. The van der Waals surface area contributed by atoms with Gasteiger partial charge in [0.25, 0.3) is 0 Å². The van der Waals surface area contributed by atoms with Crippen LogP contribution in [0.15, 0.2) is 17.4 Å². The number of ketones is 1. The van der Waals surface area contributed by atoms with Crippen LogP contribution in [0.4, 0.5) is 13.2 Å². The number of Topliss-reactive ketones (excluding diaryl/α,β-unsaturated/α-hetero) is 1. The molecule has 0 radical (unpaired) electrons. The van der Waals surface area contributed by atoms with E-state index in [2.05, 4.69) is 26.1 Å². The molecule has 0 fully saturated rings. The van der Waals surface area contributed by atoms with E-state index in [1.165, 1.54) is 0 Å². The van der Waals surface area contributed by atoms with Crippen molar-refractivity contribution >= 4 is 21.7 Å². The molecule has 0 saturated heterocycles. The molecule has 1 aromatic rings. The van der Waals surface area contributed by atoms with Crippen molar-refractivity contribution in [1.29, 1.82) is 0 Å². The Balaban J connectivity index is 3.31. The minimum absolute atomic E-state index is 0.0125. The summed E-state index contributed by atoms with van der Waals surface area (Å²) in [5.74, 6) is -0.775. The van der Waals surface area contributed by atoms with Crippen LogP contribution in [0.2, 0.25) is 0 Å². The molecule has 17 heavy (non-hydrogen) atoms. The Morgan fingerprint density at radius 3 is 2.59 bits per heavy atom. The minimum Gasteiger partial charge on any atom is -0.291 e. The summed E-state index contributed by atoms with van der Waals surface area (Å²) < 4.78 is 37.9. The molecule has 0 atom stereocenters. The molecule has 0 saturated carbocycles. The molecule has 8 heteroatoms. The summed E-state index contributed by atoms with van der Waals surface area (Å²) in [7, 11) is 0. The van der Waals surface area contributed by atoms with E-state index in [0.717, 1.165) is 6.20 Å². The van der Waals surface area contributed by atoms with Gasteiger partial charge in [0.15, 0.2) is 5.78 Å². The van der Waals surface area contributed by atoms with Gasteiger partial charge in [0, 0.05) is 6.20 Å². The second-order valence-electron chi connectivity index (χ2n) is 3.08. The standard InChI is InChI=1S/C9H6BrF3N2O2/c10-2-7(16)8-6(9(11,12)13)1-5(3-14-8)4-15-17/h1,3H,2,4H2. The quantitative estimate of drug-likeness (QED) is 0.488. The summed E-state index contributed by atoms with van der Waals surface area (Å²) in [6, 6.07) is 0.713. The molecule has 0 aliphatic heterocycles. The van der Waals surface area contributed by atoms with Crippen LogP contribution in [0.25, 0.3) is 0 Å². The first-order valence-electron chi connectivity index (χ1n) is 4.34. The highest BCUT2D eigenvalue weighted by Gasteiger charge is 2.36. The molecule has 0 unspecified atom stereocenters. The summed E-state index contributed by atoms with van der Waals surface area (Å²) in [5, 5.41) is 2.22. The molecule has 0 bridgehead atoms. The Bertz CT molecular complexity index is 448. The van der Waals surface area contributed by atoms with Crippen molar-refractivity contribution in [1.82, 2.24) is 4.98 Å². The van der Waals surface area contributed by atoms with Crippen LogP contribution in [0, 0.1) is 4.91 Å². The number of pyridine rings is 1. The zero-order valence-electron chi connectivity index (χ0n) is 8.29. The van der Waals surface area contributed by atoms with E-state index in [4.69, 9.17) is 0 Å². The Morgan fingerprint density at radius 1 is 1.47 bits per heavy atom. The maximum absolute atomic E-state index is 12.6. The van der Waals surface area contributed by atoms with Gasteiger partial charge in [-0.2, -0.15) is 18.1 Å². The number of aromatic nitrogens is 1. The molecule has 0 aromatic carbocycles. The smallest absolute Gasteiger partial charge is 0.291 e. The lowest BCUT2D eigenvalue weighted by Gasteiger charge is -2.11. The summed E-state index contributed by atoms with van der Waals surface area (Å²) >= 11 is 2.78. The average Bonchev–Trinajstić information content (AvgIpc) is 2.27. The Hall–Kier alpha value is -1.31. The molecule has 0 aliphatic carbocycles. The molecule has 1 heterocycles. The van der Waals surface area contributed by atoms with Crippen LogP contribution in [0.5, 0.6) is 0 Å². The van der Waals surface area contributed by atoms with E-state index < -0.39 is 29.8 Å². The molecule has 1 aromatic heterocycles. The highest BCUT2D eigenvalue weighted by atomic mass is 79.9. The largest absolute Gasteiger partial charge is 0.418 e. The molecular weight excluding hydrogens is 305 g/mol. The normalized spacial score (nSPS) is 11.3. The number of alkyl halides is 4. The molecule has 0 N–H and O–H groups in total. The number of carbonyl (C=O) groups excluding carboxylic acids is 1. The van der Waals surface area contributed by atoms with Gasteiger partial charge in [0.1, 0.15) is 12.2 Å². The van der Waals surface area contributed by atoms with Gasteiger partial charge < -0.3 is 0 Å². The molecule has 4 nitrogen and oxygen atoms in total. The van der Waals surface area contributed by atoms with Crippen molar-refractivity contribution in [3.05, 3.63) is 34.0 Å². The summed E-state index contributed by atoms with van der Waals surface area (Å²) in [4.78, 5) is 24.7. The van der Waals surface area contributed by atoms with Crippen LogP contribution in [-0.4, -0.2) is 16.1 Å². The molecular formula is C9H6BrF3N2O2. The van der Waals surface area contributed by atoms with Crippen LogP contribution < -0.4 is 0 Å². The Kier molecular flexibility index (Phi) is 4.33. The van der Waals surface area contributed by atoms with E-state index in [1.807, 2.05) is 0 Å². The lowest BCUT2D eigenvalue weighted by molar-refractivity contribution is -0.138. The number of hydrogen-bond acceptors (Lipinski definition) is 4. The molecule has 1 rings (SSSR count). The van der Waals surface area contributed by atoms with Crippen molar-refractivity contribution < 1.29 is 18.0 Å². The zero-order valence-corrected chi connectivity index (χ0v) is 9.88. The second-order valence-corrected chi connectivity index (χ2v) is 3.64. The second kappa shape index (κ2) is 5.35. The topological polar surface area (TPSA) is 59.4 Å². The summed E-state index contributed by atoms with van der Waals surface area (Å²) in [6.07, 6.45) is -3.66. The first kappa shape index (κ1) is 13.8. The van der Waals surface area contributed by atoms with Gasteiger partial charge in [-0.3, -0.25) is 9.78 Å². The monoisotopic (exact) mass is 310 g/mol. The highest BCUT2D eigenvalue weighted by molar-refractivity contribution is 9.09. The van der Waals surface area contributed by atoms with E-state index in [-0.39, 0.29) is 10.9 Å². The van der Waals surface area contributed by atoms with Gasteiger partial charge in [0.05, 0.1) is 10.9 Å². The third kappa shape index (κ3) is 3.32. The number of hydrogen-bond donors (Lipinski definition) is 0. The van der Waals surface area contributed by atoms with Gasteiger partial charge >= 0.3 is 6.18 Å². The third-order valence-corrected chi connectivity index (χ3v) is 2.39. The number of halogens is 4. The molecule has 0 amide bonds. The van der Waals surface area contributed by atoms with E-state index in [9.17, 15) is 22.9 Å². The van der Waals surface area contributed by atoms with E-state index >= 15 is 0 Å². The van der Waals surface area contributed by atoms with E-state index in [1.54, 1.807) is 0 Å².